The fourth-order valence-corrected chi connectivity index (χ4v) is 6.78. The lowest BCUT2D eigenvalue weighted by molar-refractivity contribution is 0.0293. The van der Waals surface area contributed by atoms with Crippen LogP contribution in [-0.4, -0.2) is 33.4 Å². The third-order valence-electron chi connectivity index (χ3n) is 9.53. The summed E-state index contributed by atoms with van der Waals surface area (Å²) >= 11 is 0. The van der Waals surface area contributed by atoms with Crippen molar-refractivity contribution in [2.45, 2.75) is 77.4 Å². The van der Waals surface area contributed by atoms with Crippen molar-refractivity contribution < 1.29 is 34.0 Å². The largest absolute Gasteiger partial charge is 0.508 e. The number of carbonyl (C=O) groups excluding carboxylic acids is 2. The quantitative estimate of drug-likeness (QED) is 0.112. The van der Waals surface area contributed by atoms with E-state index in [0.717, 1.165) is 33.4 Å². The molecule has 7 nitrogen and oxygen atoms in total. The number of carbonyl (C=O) groups is 2. The molecular formula is C44H44O7. The van der Waals surface area contributed by atoms with Crippen LogP contribution in [0.2, 0.25) is 0 Å². The Labute approximate surface area is 299 Å². The first-order chi connectivity index (χ1) is 24.2. The number of phenols is 1. The molecule has 0 saturated carbocycles. The van der Waals surface area contributed by atoms with E-state index in [1.807, 2.05) is 38.1 Å². The Balaban J connectivity index is 1.38. The molecule has 0 fully saturated rings. The molecule has 2 N–H and O–H groups in total. The zero-order valence-electron chi connectivity index (χ0n) is 29.9. The van der Waals surface area contributed by atoms with Gasteiger partial charge in [-0.15, -0.1) is 0 Å². The summed E-state index contributed by atoms with van der Waals surface area (Å²) in [7, 11) is 0. The van der Waals surface area contributed by atoms with Gasteiger partial charge in [0, 0.05) is 23.0 Å². The minimum atomic E-state index is -0.792. The molecule has 1 aliphatic rings. The molecule has 51 heavy (non-hydrogen) atoms. The van der Waals surface area contributed by atoms with E-state index in [4.69, 9.17) is 14.2 Å². The molecule has 262 valence electrons. The Morgan fingerprint density at radius 1 is 0.647 bits per heavy atom. The molecule has 2 unspecified atom stereocenters. The Kier molecular flexibility index (Phi) is 9.78. The zero-order chi connectivity index (χ0) is 36.5. The SMILES string of the molecule is Cc1ccccc1C1c2ccccc2C(C)c2c(OC(=O)c3ccc(OC(C)(C)CCC(C)(C)O)cc3)ccc(OC(=O)c3ccc(O)cc3)c21. The summed E-state index contributed by atoms with van der Waals surface area (Å²) < 4.78 is 18.5. The maximum Gasteiger partial charge on any atom is 0.343 e. The van der Waals surface area contributed by atoms with E-state index >= 15 is 0 Å². The van der Waals surface area contributed by atoms with Gasteiger partial charge in [0.05, 0.1) is 16.7 Å². The summed E-state index contributed by atoms with van der Waals surface area (Å²) in [4.78, 5) is 27.2. The smallest absolute Gasteiger partial charge is 0.343 e. The van der Waals surface area contributed by atoms with Crippen molar-refractivity contribution >= 4 is 11.9 Å². The average molecular weight is 685 g/mol. The van der Waals surface area contributed by atoms with Gasteiger partial charge in [0.25, 0.3) is 0 Å². The van der Waals surface area contributed by atoms with Crippen LogP contribution >= 0.6 is 0 Å². The van der Waals surface area contributed by atoms with E-state index in [0.29, 0.717) is 41.2 Å². The van der Waals surface area contributed by atoms with Crippen molar-refractivity contribution in [3.05, 3.63) is 154 Å². The van der Waals surface area contributed by atoms with Crippen molar-refractivity contribution in [3.63, 3.8) is 0 Å². The van der Waals surface area contributed by atoms with E-state index < -0.39 is 23.1 Å². The first-order valence-electron chi connectivity index (χ1n) is 17.3. The second-order valence-electron chi connectivity index (χ2n) is 14.6. The highest BCUT2D eigenvalue weighted by molar-refractivity contribution is 5.93. The highest BCUT2D eigenvalue weighted by Gasteiger charge is 2.37. The first-order valence-corrected chi connectivity index (χ1v) is 17.3. The summed E-state index contributed by atoms with van der Waals surface area (Å²) in [5.41, 5.74) is 5.14. The van der Waals surface area contributed by atoms with Gasteiger partial charge in [-0.3, -0.25) is 0 Å². The fourth-order valence-electron chi connectivity index (χ4n) is 6.78. The van der Waals surface area contributed by atoms with Gasteiger partial charge in [-0.1, -0.05) is 55.5 Å². The van der Waals surface area contributed by atoms with Crippen molar-refractivity contribution in [1.29, 1.82) is 0 Å². The standard InChI is InChI=1S/C44H44O7/c1-27-11-7-8-12-33(27)39-35-14-10-9-13-34(35)28(2)38-36(23-24-37(40(38)39)50-41(46)29-15-19-31(45)20-16-29)49-42(47)30-17-21-32(22-18-30)51-44(5,6)26-25-43(3,4)48/h7-24,28,39,45,48H,25-26H2,1-6H3. The number of phenolic OH excluding ortho intramolecular Hbond substituents is 1. The van der Waals surface area contributed by atoms with Gasteiger partial charge in [0.2, 0.25) is 0 Å². The zero-order valence-corrected chi connectivity index (χ0v) is 29.9. The Bertz CT molecular complexity index is 2050. The lowest BCUT2D eigenvalue weighted by Gasteiger charge is -2.35. The van der Waals surface area contributed by atoms with Crippen LogP contribution in [0.15, 0.2) is 109 Å². The molecule has 1 aliphatic carbocycles. The monoisotopic (exact) mass is 684 g/mol. The Morgan fingerprint density at radius 2 is 1.16 bits per heavy atom. The average Bonchev–Trinajstić information content (AvgIpc) is 3.09. The number of hydrogen-bond donors (Lipinski definition) is 2. The van der Waals surface area contributed by atoms with Gasteiger partial charge < -0.3 is 24.4 Å². The summed E-state index contributed by atoms with van der Waals surface area (Å²) in [5, 5.41) is 19.9. The number of aryl methyl sites for hydroxylation is 1. The van der Waals surface area contributed by atoms with Gasteiger partial charge in [0.1, 0.15) is 28.6 Å². The second kappa shape index (κ2) is 14.1. The lowest BCUT2D eigenvalue weighted by atomic mass is 9.69. The van der Waals surface area contributed by atoms with Gasteiger partial charge in [0.15, 0.2) is 0 Å². The van der Waals surface area contributed by atoms with E-state index in [-0.39, 0.29) is 17.6 Å². The highest BCUT2D eigenvalue weighted by Crippen LogP contribution is 2.53. The van der Waals surface area contributed by atoms with Crippen LogP contribution in [0.4, 0.5) is 0 Å². The molecule has 0 heterocycles. The van der Waals surface area contributed by atoms with Crippen LogP contribution in [0.1, 0.15) is 113 Å². The van der Waals surface area contributed by atoms with E-state index in [1.54, 1.807) is 50.2 Å². The van der Waals surface area contributed by atoms with Gasteiger partial charge in [-0.2, -0.15) is 0 Å². The maximum absolute atomic E-state index is 13.7. The summed E-state index contributed by atoms with van der Waals surface area (Å²) in [6.07, 6.45) is 1.23. The third kappa shape index (κ3) is 7.84. The molecule has 6 rings (SSSR count). The Morgan fingerprint density at radius 3 is 1.73 bits per heavy atom. The molecule has 0 radical (unpaired) electrons. The molecule has 0 bridgehead atoms. The predicted molar refractivity (Wildman–Crippen MR) is 197 cm³/mol. The van der Waals surface area contributed by atoms with E-state index in [1.165, 1.54) is 24.3 Å². The number of fused-ring (bicyclic) bond motifs is 2. The van der Waals surface area contributed by atoms with Crippen molar-refractivity contribution in [3.8, 4) is 23.0 Å². The first kappa shape index (κ1) is 35.4. The molecule has 0 aromatic heterocycles. The lowest BCUT2D eigenvalue weighted by Crippen LogP contribution is -2.32. The van der Waals surface area contributed by atoms with Crippen molar-refractivity contribution in [2.24, 2.45) is 0 Å². The van der Waals surface area contributed by atoms with Crippen LogP contribution in [0.3, 0.4) is 0 Å². The molecule has 0 saturated heterocycles. The molecule has 0 amide bonds. The van der Waals surface area contributed by atoms with Crippen LogP contribution in [-0.2, 0) is 0 Å². The fraction of sp³-hybridized carbons (Fsp3) is 0.273. The number of aromatic hydroxyl groups is 1. The van der Waals surface area contributed by atoms with Crippen LogP contribution in [0.25, 0.3) is 0 Å². The summed E-state index contributed by atoms with van der Waals surface area (Å²) in [5.74, 6) is -0.206. The van der Waals surface area contributed by atoms with Crippen LogP contribution < -0.4 is 14.2 Å². The number of hydrogen-bond acceptors (Lipinski definition) is 7. The predicted octanol–water partition coefficient (Wildman–Crippen LogP) is 9.49. The van der Waals surface area contributed by atoms with Gasteiger partial charge >= 0.3 is 11.9 Å². The Hall–Kier alpha value is -5.40. The molecule has 5 aromatic rings. The highest BCUT2D eigenvalue weighted by atomic mass is 16.5. The van der Waals surface area contributed by atoms with Gasteiger partial charge in [-0.05, 0) is 130 Å². The van der Waals surface area contributed by atoms with Crippen molar-refractivity contribution in [2.75, 3.05) is 0 Å². The van der Waals surface area contributed by atoms with E-state index in [9.17, 15) is 19.8 Å². The summed E-state index contributed by atoms with van der Waals surface area (Å²) in [6.45, 7) is 11.6. The molecule has 0 spiro atoms. The maximum atomic E-state index is 13.7. The minimum absolute atomic E-state index is 0.0494. The van der Waals surface area contributed by atoms with Crippen LogP contribution in [0.5, 0.6) is 23.0 Å². The number of ether oxygens (including phenoxy) is 3. The van der Waals surface area contributed by atoms with Crippen LogP contribution in [0, 0.1) is 6.92 Å². The molecular weight excluding hydrogens is 640 g/mol. The number of benzene rings is 5. The molecule has 7 heteroatoms. The number of aliphatic hydroxyl groups is 1. The molecule has 2 atom stereocenters. The summed E-state index contributed by atoms with van der Waals surface area (Å²) in [6, 6.07) is 32.5. The third-order valence-corrected chi connectivity index (χ3v) is 9.53. The topological polar surface area (TPSA) is 102 Å². The van der Waals surface area contributed by atoms with Crippen molar-refractivity contribution in [1.82, 2.24) is 0 Å². The van der Waals surface area contributed by atoms with E-state index in [2.05, 4.69) is 38.1 Å². The second-order valence-corrected chi connectivity index (χ2v) is 14.6. The van der Waals surface area contributed by atoms with Gasteiger partial charge in [-0.25, -0.2) is 9.59 Å². The number of rotatable bonds is 10. The number of esters is 2. The molecule has 5 aromatic carbocycles. The normalized spacial score (nSPS) is 15.4. The molecule has 0 aliphatic heterocycles. The minimum Gasteiger partial charge on any atom is -0.508 e.